The highest BCUT2D eigenvalue weighted by Gasteiger charge is 2.14. The number of aryl methyl sites for hydroxylation is 1. The molecule has 0 spiro atoms. The van der Waals surface area contributed by atoms with Crippen LogP contribution in [-0.2, 0) is 16.0 Å². The van der Waals surface area contributed by atoms with Crippen molar-refractivity contribution in [2.24, 2.45) is 5.92 Å². The zero-order chi connectivity index (χ0) is 15.2. The molecule has 0 aliphatic heterocycles. The molecule has 1 aliphatic carbocycles. The summed E-state index contributed by atoms with van der Waals surface area (Å²) in [6.45, 7) is 0.507. The monoisotopic (exact) mass is 318 g/mol. The van der Waals surface area contributed by atoms with Crippen LogP contribution in [0, 0.1) is 5.92 Å². The molecule has 6 heteroatoms. The predicted molar refractivity (Wildman–Crippen MR) is 83.4 cm³/mol. The summed E-state index contributed by atoms with van der Waals surface area (Å²) in [5.74, 6) is 1.30. The van der Waals surface area contributed by atoms with Gasteiger partial charge in [0, 0.05) is 17.4 Å². The van der Waals surface area contributed by atoms with Crippen LogP contribution >= 0.6 is 11.3 Å². The second-order valence-electron chi connectivity index (χ2n) is 5.36. The fourth-order valence-corrected chi connectivity index (χ4v) is 3.00. The first-order chi connectivity index (χ1) is 10.8. The molecule has 1 atom stereocenters. The molecule has 116 valence electrons. The van der Waals surface area contributed by atoms with Gasteiger partial charge in [-0.05, 0) is 36.6 Å². The molecule has 0 N–H and O–H groups in total. The highest BCUT2D eigenvalue weighted by Crippen LogP contribution is 2.20. The first kappa shape index (κ1) is 15.0. The molecule has 0 aromatic carbocycles. The van der Waals surface area contributed by atoms with Gasteiger partial charge in [0.1, 0.15) is 0 Å². The van der Waals surface area contributed by atoms with Gasteiger partial charge in [0.25, 0.3) is 0 Å². The Morgan fingerprint density at radius 3 is 3.18 bits per heavy atom. The van der Waals surface area contributed by atoms with E-state index < -0.39 is 0 Å². The van der Waals surface area contributed by atoms with Crippen LogP contribution in [0.1, 0.15) is 31.6 Å². The largest absolute Gasteiger partial charge is 0.465 e. The van der Waals surface area contributed by atoms with Crippen molar-refractivity contribution in [3.05, 3.63) is 34.9 Å². The number of nitrogens with zero attached hydrogens (tertiary/aromatic N) is 2. The minimum Gasteiger partial charge on any atom is -0.465 e. The van der Waals surface area contributed by atoms with Gasteiger partial charge in [-0.1, -0.05) is 17.3 Å². The van der Waals surface area contributed by atoms with E-state index in [1.165, 1.54) is 0 Å². The maximum absolute atomic E-state index is 11.8. The first-order valence-corrected chi connectivity index (χ1v) is 8.41. The maximum atomic E-state index is 11.8. The number of esters is 1. The summed E-state index contributed by atoms with van der Waals surface area (Å²) in [7, 11) is 0. The van der Waals surface area contributed by atoms with E-state index >= 15 is 0 Å². The lowest BCUT2D eigenvalue weighted by Gasteiger charge is -2.17. The SMILES string of the molecule is O=C(CCc1nc(-c2ccsc2)no1)OCC1CC=CCC1. The number of allylic oxidation sites excluding steroid dienone is 2. The van der Waals surface area contributed by atoms with E-state index in [1.807, 2.05) is 16.8 Å². The summed E-state index contributed by atoms with van der Waals surface area (Å²) in [4.78, 5) is 16.1. The Morgan fingerprint density at radius 2 is 2.41 bits per heavy atom. The highest BCUT2D eigenvalue weighted by atomic mass is 32.1. The van der Waals surface area contributed by atoms with Crippen LogP contribution in [0.3, 0.4) is 0 Å². The van der Waals surface area contributed by atoms with E-state index in [4.69, 9.17) is 9.26 Å². The lowest BCUT2D eigenvalue weighted by atomic mass is 9.95. The number of aromatic nitrogens is 2. The summed E-state index contributed by atoms with van der Waals surface area (Å²) < 4.78 is 10.5. The third-order valence-corrected chi connectivity index (χ3v) is 4.33. The van der Waals surface area contributed by atoms with Crippen molar-refractivity contribution in [2.45, 2.75) is 32.1 Å². The minimum absolute atomic E-state index is 0.204. The van der Waals surface area contributed by atoms with Crippen molar-refractivity contribution in [2.75, 3.05) is 6.61 Å². The van der Waals surface area contributed by atoms with E-state index in [-0.39, 0.29) is 12.4 Å². The Labute approximate surface area is 133 Å². The van der Waals surface area contributed by atoms with Crippen molar-refractivity contribution in [3.8, 4) is 11.4 Å². The molecule has 0 amide bonds. The van der Waals surface area contributed by atoms with Gasteiger partial charge < -0.3 is 9.26 Å². The van der Waals surface area contributed by atoms with E-state index in [1.54, 1.807) is 11.3 Å². The van der Waals surface area contributed by atoms with Gasteiger partial charge in [-0.25, -0.2) is 0 Å². The average Bonchev–Trinajstić information content (AvgIpc) is 3.22. The predicted octanol–water partition coefficient (Wildman–Crippen LogP) is 3.63. The molecule has 5 nitrogen and oxygen atoms in total. The molecule has 0 saturated carbocycles. The molecule has 0 saturated heterocycles. The van der Waals surface area contributed by atoms with Crippen LogP contribution in [0.4, 0.5) is 0 Å². The number of ether oxygens (including phenoxy) is 1. The molecule has 2 heterocycles. The molecule has 22 heavy (non-hydrogen) atoms. The Balaban J connectivity index is 1.42. The molecule has 3 rings (SSSR count). The van der Waals surface area contributed by atoms with Gasteiger partial charge in [0.05, 0.1) is 13.0 Å². The van der Waals surface area contributed by atoms with Crippen LogP contribution in [0.25, 0.3) is 11.4 Å². The van der Waals surface area contributed by atoms with Gasteiger partial charge in [-0.3, -0.25) is 4.79 Å². The van der Waals surface area contributed by atoms with Crippen LogP contribution in [0.5, 0.6) is 0 Å². The zero-order valence-electron chi connectivity index (χ0n) is 12.2. The molecular weight excluding hydrogens is 300 g/mol. The summed E-state index contributed by atoms with van der Waals surface area (Å²) >= 11 is 1.58. The summed E-state index contributed by atoms with van der Waals surface area (Å²) in [6.07, 6.45) is 8.20. The second kappa shape index (κ2) is 7.35. The van der Waals surface area contributed by atoms with Crippen LogP contribution in [0.15, 0.2) is 33.5 Å². The van der Waals surface area contributed by atoms with E-state index in [2.05, 4.69) is 22.3 Å². The quantitative estimate of drug-likeness (QED) is 0.601. The Bertz CT molecular complexity index is 634. The molecule has 2 aromatic rings. The average molecular weight is 318 g/mol. The molecular formula is C16H18N2O3S. The molecule has 1 aliphatic rings. The van der Waals surface area contributed by atoms with E-state index in [9.17, 15) is 4.79 Å². The number of hydrogen-bond donors (Lipinski definition) is 0. The number of carbonyl (C=O) groups excluding carboxylic acids is 1. The first-order valence-electron chi connectivity index (χ1n) is 7.47. The van der Waals surface area contributed by atoms with Crippen molar-refractivity contribution in [3.63, 3.8) is 0 Å². The van der Waals surface area contributed by atoms with E-state index in [0.29, 0.717) is 30.7 Å². The van der Waals surface area contributed by atoms with Gasteiger partial charge in [0.15, 0.2) is 0 Å². The fourth-order valence-electron chi connectivity index (χ4n) is 2.37. The third kappa shape index (κ3) is 4.04. The minimum atomic E-state index is -0.204. The number of thiophene rings is 1. The highest BCUT2D eigenvalue weighted by molar-refractivity contribution is 7.08. The lowest BCUT2D eigenvalue weighted by Crippen LogP contribution is -2.15. The number of carbonyl (C=O) groups is 1. The zero-order valence-corrected chi connectivity index (χ0v) is 13.1. The summed E-state index contributed by atoms with van der Waals surface area (Å²) in [5.41, 5.74) is 0.938. The van der Waals surface area contributed by atoms with E-state index in [0.717, 1.165) is 24.8 Å². The number of hydrogen-bond acceptors (Lipinski definition) is 6. The lowest BCUT2D eigenvalue weighted by molar-refractivity contribution is -0.145. The molecule has 0 fully saturated rings. The van der Waals surface area contributed by atoms with Crippen molar-refractivity contribution >= 4 is 17.3 Å². The number of rotatable bonds is 6. The molecule has 0 radical (unpaired) electrons. The van der Waals surface area contributed by atoms with Crippen LogP contribution < -0.4 is 0 Å². The Hall–Kier alpha value is -1.95. The maximum Gasteiger partial charge on any atom is 0.306 e. The van der Waals surface area contributed by atoms with Gasteiger partial charge in [0.2, 0.25) is 11.7 Å². The summed E-state index contributed by atoms with van der Waals surface area (Å²) in [5, 5.41) is 7.84. The standard InChI is InChI=1S/C16H18N2O3S/c19-15(20-10-12-4-2-1-3-5-12)7-6-14-17-16(18-21-14)13-8-9-22-11-13/h1-2,8-9,11-12H,3-7,10H2. The fraction of sp³-hybridized carbons (Fsp3) is 0.438. The molecule has 1 unspecified atom stereocenters. The normalized spacial score (nSPS) is 17.5. The van der Waals surface area contributed by atoms with Crippen LogP contribution in [-0.4, -0.2) is 22.7 Å². The third-order valence-electron chi connectivity index (χ3n) is 3.65. The molecule has 2 aromatic heterocycles. The second-order valence-corrected chi connectivity index (χ2v) is 6.14. The topological polar surface area (TPSA) is 65.2 Å². The van der Waals surface area contributed by atoms with Gasteiger partial charge in [-0.2, -0.15) is 16.3 Å². The smallest absolute Gasteiger partial charge is 0.306 e. The Kier molecular flexibility index (Phi) is 5.00. The van der Waals surface area contributed by atoms with Crippen molar-refractivity contribution < 1.29 is 14.1 Å². The van der Waals surface area contributed by atoms with Crippen LogP contribution in [0.2, 0.25) is 0 Å². The van der Waals surface area contributed by atoms with Crippen molar-refractivity contribution in [1.29, 1.82) is 0 Å². The molecule has 0 bridgehead atoms. The van der Waals surface area contributed by atoms with Crippen molar-refractivity contribution in [1.82, 2.24) is 10.1 Å². The van der Waals surface area contributed by atoms with Gasteiger partial charge >= 0.3 is 5.97 Å². The Morgan fingerprint density at radius 1 is 1.45 bits per heavy atom. The summed E-state index contributed by atoms with van der Waals surface area (Å²) in [6, 6.07) is 1.94. The van der Waals surface area contributed by atoms with Gasteiger partial charge in [-0.15, -0.1) is 0 Å².